The van der Waals surface area contributed by atoms with Crippen LogP contribution >= 0.6 is 0 Å². The van der Waals surface area contributed by atoms with Crippen LogP contribution in [0.25, 0.3) is 0 Å². The number of esters is 1. The van der Waals surface area contributed by atoms with Crippen molar-refractivity contribution in [2.45, 2.75) is 33.8 Å². The van der Waals surface area contributed by atoms with Crippen molar-refractivity contribution >= 4 is 11.9 Å². The second-order valence-corrected chi connectivity index (χ2v) is 3.24. The van der Waals surface area contributed by atoms with E-state index in [0.29, 0.717) is 5.57 Å². The second-order valence-electron chi connectivity index (χ2n) is 3.24. The minimum atomic E-state index is -0.845. The number of carbonyl (C=O) groups is 2. The van der Waals surface area contributed by atoms with Crippen molar-refractivity contribution in [3.05, 3.63) is 23.3 Å². The van der Waals surface area contributed by atoms with Crippen LogP contribution in [0.2, 0.25) is 0 Å². The maximum Gasteiger partial charge on any atom is 0.334 e. The summed E-state index contributed by atoms with van der Waals surface area (Å²) >= 11 is 0. The van der Waals surface area contributed by atoms with Gasteiger partial charge in [-0.25, -0.2) is 9.59 Å². The van der Waals surface area contributed by atoms with Gasteiger partial charge in [-0.05, 0) is 33.8 Å². The molecule has 1 atom stereocenters. The first-order valence-electron chi connectivity index (χ1n) is 4.64. The number of cyclic esters (lactones) is 1. The first-order valence-corrected chi connectivity index (χ1v) is 4.64. The van der Waals surface area contributed by atoms with E-state index in [0.717, 1.165) is 5.57 Å². The van der Waals surface area contributed by atoms with E-state index in [2.05, 4.69) is 0 Å². The third kappa shape index (κ3) is 6.91. The molecule has 1 radical (unpaired) electrons. The predicted molar refractivity (Wildman–Crippen MR) is 56.4 cm³/mol. The monoisotopic (exact) mass is 301 g/mol. The van der Waals surface area contributed by atoms with Gasteiger partial charge >= 0.3 is 11.9 Å². The molecule has 0 spiro atoms. The van der Waals surface area contributed by atoms with Gasteiger partial charge in [0.1, 0.15) is 6.10 Å². The number of hydrogen-bond acceptors (Lipinski definition) is 3. The second kappa shape index (κ2) is 8.65. The fourth-order valence-electron chi connectivity index (χ4n) is 0.839. The number of aliphatic carboxylic acids is 1. The molecule has 1 aliphatic rings. The molecule has 1 heterocycles. The zero-order valence-corrected chi connectivity index (χ0v) is 12.8. The molecule has 1 unspecified atom stereocenters. The standard InChI is InChI=1S/C6H8O2.C5H8O2.Y/c1-4-3-5(2)8-6(4)7;1-3-4(2)5(6)7;/h3,5H,1-2H3;3H,1-2H3,(H,6,7);/b;4-3-;. The van der Waals surface area contributed by atoms with Gasteiger partial charge in [-0.2, -0.15) is 0 Å². The van der Waals surface area contributed by atoms with Crippen LogP contribution < -0.4 is 0 Å². The van der Waals surface area contributed by atoms with E-state index in [-0.39, 0.29) is 44.8 Å². The van der Waals surface area contributed by atoms with E-state index in [1.54, 1.807) is 26.8 Å². The van der Waals surface area contributed by atoms with E-state index in [9.17, 15) is 9.59 Å². The molecular formula is C11H16O4Y. The molecule has 0 saturated carbocycles. The number of carboxylic acid groups (broad SMARTS) is 1. The van der Waals surface area contributed by atoms with E-state index < -0.39 is 5.97 Å². The van der Waals surface area contributed by atoms with Crippen LogP contribution in [0, 0.1) is 0 Å². The van der Waals surface area contributed by atoms with Crippen molar-refractivity contribution in [1.82, 2.24) is 0 Å². The topological polar surface area (TPSA) is 63.6 Å². The first kappa shape index (κ1) is 17.9. The first-order chi connectivity index (χ1) is 6.88. The van der Waals surface area contributed by atoms with Crippen molar-refractivity contribution in [3.63, 3.8) is 0 Å². The summed E-state index contributed by atoms with van der Waals surface area (Å²) in [5.74, 6) is -1.03. The number of carbonyl (C=O) groups excluding carboxylic acids is 1. The Morgan fingerprint density at radius 2 is 2.06 bits per heavy atom. The Morgan fingerprint density at radius 1 is 1.56 bits per heavy atom. The quantitative estimate of drug-likeness (QED) is 0.593. The largest absolute Gasteiger partial charge is 0.478 e. The summed E-state index contributed by atoms with van der Waals surface area (Å²) in [7, 11) is 0. The van der Waals surface area contributed by atoms with Gasteiger partial charge in [0.05, 0.1) is 0 Å². The van der Waals surface area contributed by atoms with Crippen LogP contribution in [0.15, 0.2) is 23.3 Å². The molecule has 0 aromatic heterocycles. The van der Waals surface area contributed by atoms with Crippen LogP contribution in [0.1, 0.15) is 27.7 Å². The van der Waals surface area contributed by atoms with Crippen LogP contribution in [0.5, 0.6) is 0 Å². The summed E-state index contributed by atoms with van der Waals surface area (Å²) in [6.07, 6.45) is 3.35. The molecule has 87 valence electrons. The Kier molecular flexibility index (Phi) is 9.68. The van der Waals surface area contributed by atoms with Crippen LogP contribution in [-0.4, -0.2) is 23.1 Å². The Labute approximate surface area is 121 Å². The molecule has 0 amide bonds. The zero-order valence-electron chi connectivity index (χ0n) is 9.98. The van der Waals surface area contributed by atoms with Crippen LogP contribution in [-0.2, 0) is 47.0 Å². The normalized spacial score (nSPS) is 18.8. The summed E-state index contributed by atoms with van der Waals surface area (Å²) in [6.45, 7) is 6.85. The SMILES string of the molecule is C/C=C(/C)C(=O)O.CC1=CC(C)OC1=O.[Y]. The maximum absolute atomic E-state index is 10.5. The Morgan fingerprint density at radius 3 is 2.12 bits per heavy atom. The van der Waals surface area contributed by atoms with E-state index in [1.807, 2.05) is 13.0 Å². The Balaban J connectivity index is 0. The number of rotatable bonds is 1. The number of hydrogen-bond donors (Lipinski definition) is 1. The van der Waals surface area contributed by atoms with E-state index >= 15 is 0 Å². The van der Waals surface area contributed by atoms with Crippen molar-refractivity contribution in [3.8, 4) is 0 Å². The van der Waals surface area contributed by atoms with Crippen molar-refractivity contribution < 1.29 is 52.1 Å². The van der Waals surface area contributed by atoms with Gasteiger partial charge in [0, 0.05) is 43.9 Å². The van der Waals surface area contributed by atoms with Crippen molar-refractivity contribution in [2.75, 3.05) is 0 Å². The van der Waals surface area contributed by atoms with Gasteiger partial charge < -0.3 is 9.84 Å². The molecule has 1 aliphatic heterocycles. The molecule has 1 N–H and O–H groups in total. The zero-order chi connectivity index (χ0) is 12.0. The van der Waals surface area contributed by atoms with E-state index in [1.165, 1.54) is 0 Å². The third-order valence-corrected chi connectivity index (χ3v) is 1.87. The van der Waals surface area contributed by atoms with Crippen molar-refractivity contribution in [1.29, 1.82) is 0 Å². The fraction of sp³-hybridized carbons (Fsp3) is 0.455. The van der Waals surface area contributed by atoms with Gasteiger partial charge in [-0.1, -0.05) is 6.08 Å². The molecule has 1 rings (SSSR count). The molecule has 0 aromatic carbocycles. The number of carboxylic acids is 1. The fourth-order valence-corrected chi connectivity index (χ4v) is 0.839. The third-order valence-electron chi connectivity index (χ3n) is 1.87. The Bertz CT molecular complexity index is 318. The van der Waals surface area contributed by atoms with Gasteiger partial charge in [0.25, 0.3) is 0 Å². The molecule has 0 aromatic rings. The number of allylic oxidation sites excluding steroid dienone is 1. The smallest absolute Gasteiger partial charge is 0.334 e. The average molecular weight is 301 g/mol. The molecule has 0 bridgehead atoms. The molecule has 16 heavy (non-hydrogen) atoms. The van der Waals surface area contributed by atoms with Gasteiger partial charge in [-0.3, -0.25) is 0 Å². The predicted octanol–water partition coefficient (Wildman–Crippen LogP) is 1.91. The molecule has 0 aliphatic carbocycles. The molecule has 4 nitrogen and oxygen atoms in total. The van der Waals surface area contributed by atoms with Gasteiger partial charge in [0.15, 0.2) is 0 Å². The maximum atomic E-state index is 10.5. The molecular weight excluding hydrogens is 285 g/mol. The minimum absolute atomic E-state index is 0. The summed E-state index contributed by atoms with van der Waals surface area (Å²) in [6, 6.07) is 0. The Hall–Kier alpha value is -0.476. The summed E-state index contributed by atoms with van der Waals surface area (Å²) in [5.41, 5.74) is 1.11. The molecule has 5 heteroatoms. The van der Waals surface area contributed by atoms with Crippen LogP contribution in [0.3, 0.4) is 0 Å². The summed E-state index contributed by atoms with van der Waals surface area (Å²) in [4.78, 5) is 20.4. The summed E-state index contributed by atoms with van der Waals surface area (Å²) < 4.78 is 4.74. The van der Waals surface area contributed by atoms with Crippen molar-refractivity contribution in [2.24, 2.45) is 0 Å². The summed E-state index contributed by atoms with van der Waals surface area (Å²) in [5, 5.41) is 8.11. The molecule has 0 saturated heterocycles. The molecule has 0 fully saturated rings. The van der Waals surface area contributed by atoms with Crippen LogP contribution in [0.4, 0.5) is 0 Å². The van der Waals surface area contributed by atoms with E-state index in [4.69, 9.17) is 9.84 Å². The van der Waals surface area contributed by atoms with Gasteiger partial charge in [0.2, 0.25) is 0 Å². The van der Waals surface area contributed by atoms with Gasteiger partial charge in [-0.15, -0.1) is 0 Å². The minimum Gasteiger partial charge on any atom is -0.478 e. The number of ether oxygens (including phenoxy) is 1. The average Bonchev–Trinajstić information content (AvgIpc) is 2.43.